The number of fused-ring (bicyclic) bond motifs is 1. The summed E-state index contributed by atoms with van der Waals surface area (Å²) < 4.78 is 40.2. The molecule has 1 amide bonds. The van der Waals surface area contributed by atoms with E-state index >= 15 is 4.39 Å². The van der Waals surface area contributed by atoms with Crippen LogP contribution in [-0.4, -0.2) is 115 Å². The largest absolute Gasteiger partial charge is 0.489 e. The number of benzene rings is 1. The first-order chi connectivity index (χ1) is 27.6. The van der Waals surface area contributed by atoms with Crippen LogP contribution in [0.1, 0.15) is 61.2 Å². The molecule has 0 spiro atoms. The summed E-state index contributed by atoms with van der Waals surface area (Å²) in [5.74, 6) is -0.790. The molecule has 0 radical (unpaired) electrons. The van der Waals surface area contributed by atoms with Gasteiger partial charge >= 0.3 is 0 Å². The minimum absolute atomic E-state index is 0.0457. The minimum Gasteiger partial charge on any atom is -0.489 e. The molecule has 1 saturated heterocycles. The van der Waals surface area contributed by atoms with Crippen LogP contribution < -0.4 is 20.8 Å². The highest BCUT2D eigenvalue weighted by Crippen LogP contribution is 2.38. The van der Waals surface area contributed by atoms with Crippen LogP contribution >= 0.6 is 0 Å². The van der Waals surface area contributed by atoms with Gasteiger partial charge in [0, 0.05) is 92.7 Å². The van der Waals surface area contributed by atoms with Crippen molar-refractivity contribution in [2.45, 2.75) is 77.7 Å². The maximum absolute atomic E-state index is 15.8. The Morgan fingerprint density at radius 1 is 0.982 bits per heavy atom. The molecule has 1 aliphatic carbocycles. The third kappa shape index (κ3) is 11.6. The maximum atomic E-state index is 15.8. The number of halogens is 1. The van der Waals surface area contributed by atoms with Crippen molar-refractivity contribution in [2.75, 3.05) is 77.8 Å². The number of amides is 1. The third-order valence-electron chi connectivity index (χ3n) is 10.6. The fraction of sp³-hybridized carbons (Fsp3) is 0.535. The van der Waals surface area contributed by atoms with Crippen molar-refractivity contribution in [1.29, 1.82) is 0 Å². The minimum atomic E-state index is -0.682. The van der Waals surface area contributed by atoms with Crippen molar-refractivity contribution in [2.24, 2.45) is 5.73 Å². The number of aryl methyl sites for hydroxylation is 2. The van der Waals surface area contributed by atoms with E-state index in [1.165, 1.54) is 11.0 Å². The van der Waals surface area contributed by atoms with E-state index in [1.54, 1.807) is 20.0 Å². The van der Waals surface area contributed by atoms with Gasteiger partial charge in [0.15, 0.2) is 17.0 Å². The van der Waals surface area contributed by atoms with Crippen LogP contribution in [0.5, 0.6) is 5.75 Å². The second kappa shape index (κ2) is 20.3. The number of carbonyl (C=O) groups is 1. The number of carbonyl (C=O) groups excluding carboxylic acids is 1. The Kier molecular flexibility index (Phi) is 15.0. The van der Waals surface area contributed by atoms with Crippen molar-refractivity contribution in [3.8, 4) is 5.75 Å². The molecule has 3 aromatic heterocycles. The molecule has 1 aromatic carbocycles. The van der Waals surface area contributed by atoms with Crippen molar-refractivity contribution in [1.82, 2.24) is 24.3 Å². The number of pyridine rings is 3. The molecule has 1 aliphatic heterocycles. The summed E-state index contributed by atoms with van der Waals surface area (Å²) in [6, 6.07) is 11.7. The molecule has 6 rings (SSSR count). The fourth-order valence-corrected chi connectivity index (χ4v) is 7.36. The maximum Gasteiger partial charge on any atom is 0.251 e. The molecule has 4 heterocycles. The van der Waals surface area contributed by atoms with E-state index < -0.39 is 11.9 Å². The monoisotopic (exact) mass is 787 g/mol. The zero-order chi connectivity index (χ0) is 40.3. The van der Waals surface area contributed by atoms with Crippen LogP contribution in [0.2, 0.25) is 0 Å². The van der Waals surface area contributed by atoms with Crippen LogP contribution in [0.15, 0.2) is 59.8 Å². The van der Waals surface area contributed by atoms with Crippen molar-refractivity contribution < 1.29 is 28.1 Å². The lowest BCUT2D eigenvalue weighted by Gasteiger charge is -2.40. The highest BCUT2D eigenvalue weighted by Gasteiger charge is 2.30. The lowest BCUT2D eigenvalue weighted by molar-refractivity contribution is -0.142. The molecule has 57 heavy (non-hydrogen) atoms. The second-order valence-corrected chi connectivity index (χ2v) is 15.2. The van der Waals surface area contributed by atoms with Gasteiger partial charge in [-0.25, -0.2) is 4.39 Å². The molecular formula is C43H58FN7O6. The van der Waals surface area contributed by atoms with Gasteiger partial charge in [0.25, 0.3) is 5.91 Å². The van der Waals surface area contributed by atoms with Gasteiger partial charge in [-0.1, -0.05) is 0 Å². The van der Waals surface area contributed by atoms with Gasteiger partial charge in [-0.2, -0.15) is 0 Å². The lowest BCUT2D eigenvalue weighted by Crippen LogP contribution is -2.48. The van der Waals surface area contributed by atoms with E-state index in [2.05, 4.69) is 36.5 Å². The number of rotatable bonds is 21. The van der Waals surface area contributed by atoms with Gasteiger partial charge < -0.3 is 39.0 Å². The second-order valence-electron chi connectivity index (χ2n) is 15.2. The van der Waals surface area contributed by atoms with E-state index in [9.17, 15) is 9.59 Å². The van der Waals surface area contributed by atoms with Gasteiger partial charge in [-0.05, 0) is 82.3 Å². The van der Waals surface area contributed by atoms with Crippen molar-refractivity contribution >= 4 is 22.5 Å². The van der Waals surface area contributed by atoms with E-state index in [1.807, 2.05) is 44.6 Å². The Morgan fingerprint density at radius 2 is 1.77 bits per heavy atom. The van der Waals surface area contributed by atoms with E-state index in [0.717, 1.165) is 61.4 Å². The number of nitrogens with two attached hydrogens (primary N) is 1. The predicted molar refractivity (Wildman–Crippen MR) is 218 cm³/mol. The molecule has 2 N–H and O–H groups in total. The van der Waals surface area contributed by atoms with Crippen molar-refractivity contribution in [3.63, 3.8) is 0 Å². The number of ether oxygens (including phenoxy) is 4. The first kappa shape index (κ1) is 42.1. The van der Waals surface area contributed by atoms with Crippen LogP contribution in [0.3, 0.4) is 0 Å². The highest BCUT2D eigenvalue weighted by atomic mass is 19.1. The van der Waals surface area contributed by atoms with E-state index in [-0.39, 0.29) is 48.9 Å². The first-order valence-electron chi connectivity index (χ1n) is 20.2. The van der Waals surface area contributed by atoms with Gasteiger partial charge in [-0.15, -0.1) is 0 Å². The Bertz CT molecular complexity index is 1990. The number of aromatic nitrogens is 3. The molecule has 1 saturated carbocycles. The molecule has 2 aliphatic rings. The molecular weight excluding hydrogens is 730 g/mol. The summed E-state index contributed by atoms with van der Waals surface area (Å²) in [6.07, 6.45) is 9.05. The van der Waals surface area contributed by atoms with E-state index in [0.29, 0.717) is 62.5 Å². The molecule has 2 fully saturated rings. The summed E-state index contributed by atoms with van der Waals surface area (Å²) in [4.78, 5) is 42.4. The average molecular weight is 788 g/mol. The zero-order valence-electron chi connectivity index (χ0n) is 33.8. The summed E-state index contributed by atoms with van der Waals surface area (Å²) >= 11 is 0. The molecule has 308 valence electrons. The van der Waals surface area contributed by atoms with Crippen LogP contribution in [-0.2, 0) is 32.1 Å². The smallest absolute Gasteiger partial charge is 0.251 e. The van der Waals surface area contributed by atoms with Crippen molar-refractivity contribution in [3.05, 3.63) is 93.5 Å². The SMILES string of the molecule is Cc1ccc(N2CCC[C@H](N(Cc3ccnc(C)c3)Cc3cn(C4CC4)c4cc(OCCN(C)C(=O)C(C)OCCOCCOCCN)c(F)cc4c3=O)C2)cn1. The zero-order valence-corrected chi connectivity index (χ0v) is 33.8. The molecule has 13 nitrogen and oxygen atoms in total. The molecule has 1 unspecified atom stereocenters. The van der Waals surface area contributed by atoms with Crippen LogP contribution in [0, 0.1) is 19.7 Å². The third-order valence-corrected chi connectivity index (χ3v) is 10.6. The molecule has 2 atom stereocenters. The van der Waals surface area contributed by atoms with E-state index in [4.69, 9.17) is 24.7 Å². The number of piperidine rings is 1. The average Bonchev–Trinajstić information content (AvgIpc) is 4.06. The van der Waals surface area contributed by atoms with Gasteiger partial charge in [-0.3, -0.25) is 24.5 Å². The summed E-state index contributed by atoms with van der Waals surface area (Å²) in [7, 11) is 1.66. The summed E-state index contributed by atoms with van der Waals surface area (Å²) in [5, 5.41) is 0.338. The lowest BCUT2D eigenvalue weighted by atomic mass is 10.0. The fourth-order valence-electron chi connectivity index (χ4n) is 7.36. The quantitative estimate of drug-likeness (QED) is 0.117. The van der Waals surface area contributed by atoms with Gasteiger partial charge in [0.05, 0.1) is 57.0 Å². The Labute approximate surface area is 334 Å². The number of nitrogens with zero attached hydrogens (tertiary/aromatic N) is 6. The van der Waals surface area contributed by atoms with Gasteiger partial charge in [0.2, 0.25) is 0 Å². The number of hydrogen-bond donors (Lipinski definition) is 1. The first-order valence-corrected chi connectivity index (χ1v) is 20.2. The standard InChI is InChI=1S/C43H58FN7O6/c1-30-7-8-36(25-47-30)49-14-5-6-37(29-49)50(26-33-11-13-46-31(2)22-33)27-34-28-51(35-9-10-35)40-24-41(39(44)23-38(40)42(34)52)57-17-15-48(4)43(53)32(3)56-21-20-55-19-18-54-16-12-45/h7-8,11,13,22-25,28,32,35,37H,5-6,9-10,12,14-21,26-27,29,45H2,1-4H3/t32?,37-/m0/s1. The Morgan fingerprint density at radius 3 is 2.51 bits per heavy atom. The Balaban J connectivity index is 1.14. The highest BCUT2D eigenvalue weighted by molar-refractivity contribution is 5.82. The molecule has 14 heteroatoms. The molecule has 0 bridgehead atoms. The predicted octanol–water partition coefficient (Wildman–Crippen LogP) is 4.79. The molecule has 4 aromatic rings. The normalized spacial score (nSPS) is 16.3. The Hall–Kier alpha value is -4.47. The topological polar surface area (TPSA) is 138 Å². The summed E-state index contributed by atoms with van der Waals surface area (Å²) in [6.45, 7) is 11.2. The number of anilines is 1. The van der Waals surface area contributed by atoms with Crippen LogP contribution in [0.25, 0.3) is 10.9 Å². The van der Waals surface area contributed by atoms with Crippen LogP contribution in [0.4, 0.5) is 10.1 Å². The number of likely N-dealkylation sites (N-methyl/N-ethyl adjacent to an activating group) is 1. The number of hydrogen-bond acceptors (Lipinski definition) is 11. The van der Waals surface area contributed by atoms with Gasteiger partial charge in [0.1, 0.15) is 12.7 Å². The summed E-state index contributed by atoms with van der Waals surface area (Å²) in [5.41, 5.74) is 10.7.